The van der Waals surface area contributed by atoms with Crippen LogP contribution in [0.1, 0.15) is 18.1 Å². The van der Waals surface area contributed by atoms with E-state index in [9.17, 15) is 0 Å². The molecule has 0 aliphatic carbocycles. The van der Waals surface area contributed by atoms with Crippen LogP contribution in [0.4, 0.5) is 5.69 Å². The van der Waals surface area contributed by atoms with Gasteiger partial charge in [0.05, 0.1) is 19.9 Å². The SMILES string of the molecule is CCc1ccc(OCc2ccc(OC)c(N)c2)c(OC)c1. The largest absolute Gasteiger partial charge is 0.495 e. The van der Waals surface area contributed by atoms with Gasteiger partial charge in [-0.3, -0.25) is 0 Å². The molecule has 0 aromatic heterocycles. The van der Waals surface area contributed by atoms with Gasteiger partial charge in [-0.2, -0.15) is 0 Å². The predicted octanol–water partition coefficient (Wildman–Crippen LogP) is 3.43. The van der Waals surface area contributed by atoms with Crippen molar-refractivity contribution in [2.24, 2.45) is 0 Å². The average molecular weight is 287 g/mol. The van der Waals surface area contributed by atoms with Crippen LogP contribution in [0.2, 0.25) is 0 Å². The van der Waals surface area contributed by atoms with Crippen LogP contribution >= 0.6 is 0 Å². The molecule has 0 bridgehead atoms. The zero-order valence-electron chi connectivity index (χ0n) is 12.7. The van der Waals surface area contributed by atoms with Crippen LogP contribution in [0.5, 0.6) is 17.2 Å². The molecule has 4 nitrogen and oxygen atoms in total. The van der Waals surface area contributed by atoms with Crippen LogP contribution in [0.3, 0.4) is 0 Å². The molecule has 0 aliphatic heterocycles. The fourth-order valence-corrected chi connectivity index (χ4v) is 2.09. The van der Waals surface area contributed by atoms with Gasteiger partial charge >= 0.3 is 0 Å². The smallest absolute Gasteiger partial charge is 0.161 e. The molecule has 0 saturated heterocycles. The molecule has 0 amide bonds. The Morgan fingerprint density at radius 3 is 2.14 bits per heavy atom. The number of hydrogen-bond acceptors (Lipinski definition) is 4. The summed E-state index contributed by atoms with van der Waals surface area (Å²) in [6, 6.07) is 11.6. The molecule has 4 heteroatoms. The van der Waals surface area contributed by atoms with Gasteiger partial charge in [-0.25, -0.2) is 0 Å². The van der Waals surface area contributed by atoms with Crippen LogP contribution < -0.4 is 19.9 Å². The van der Waals surface area contributed by atoms with Gasteiger partial charge < -0.3 is 19.9 Å². The molecule has 21 heavy (non-hydrogen) atoms. The van der Waals surface area contributed by atoms with E-state index >= 15 is 0 Å². The zero-order chi connectivity index (χ0) is 15.2. The summed E-state index contributed by atoms with van der Waals surface area (Å²) in [6.07, 6.45) is 0.964. The molecule has 0 aliphatic rings. The normalized spacial score (nSPS) is 10.2. The second kappa shape index (κ2) is 6.88. The van der Waals surface area contributed by atoms with Crippen molar-refractivity contribution >= 4 is 5.69 Å². The second-order valence-corrected chi connectivity index (χ2v) is 4.70. The third-order valence-electron chi connectivity index (χ3n) is 3.32. The van der Waals surface area contributed by atoms with Crippen LogP contribution in [0, 0.1) is 0 Å². The quantitative estimate of drug-likeness (QED) is 0.827. The van der Waals surface area contributed by atoms with Crippen LogP contribution in [-0.4, -0.2) is 14.2 Å². The van der Waals surface area contributed by atoms with Crippen molar-refractivity contribution in [3.8, 4) is 17.2 Å². The summed E-state index contributed by atoms with van der Waals surface area (Å²) in [5, 5.41) is 0. The monoisotopic (exact) mass is 287 g/mol. The summed E-state index contributed by atoms with van der Waals surface area (Å²) in [4.78, 5) is 0. The highest BCUT2D eigenvalue weighted by molar-refractivity contribution is 5.54. The summed E-state index contributed by atoms with van der Waals surface area (Å²) in [7, 11) is 3.25. The zero-order valence-corrected chi connectivity index (χ0v) is 12.7. The first kappa shape index (κ1) is 15.0. The molecule has 0 radical (unpaired) electrons. The first-order valence-corrected chi connectivity index (χ1v) is 6.90. The van der Waals surface area contributed by atoms with Gasteiger partial charge in [0, 0.05) is 0 Å². The van der Waals surface area contributed by atoms with Gasteiger partial charge in [-0.1, -0.05) is 19.1 Å². The van der Waals surface area contributed by atoms with E-state index < -0.39 is 0 Å². The fourth-order valence-electron chi connectivity index (χ4n) is 2.09. The van der Waals surface area contributed by atoms with Gasteiger partial charge in [0.25, 0.3) is 0 Å². The van der Waals surface area contributed by atoms with Crippen molar-refractivity contribution in [3.05, 3.63) is 47.5 Å². The first-order chi connectivity index (χ1) is 10.2. The molecule has 2 N–H and O–H groups in total. The third kappa shape index (κ3) is 3.60. The summed E-state index contributed by atoms with van der Waals surface area (Å²) in [6.45, 7) is 2.53. The summed E-state index contributed by atoms with van der Waals surface area (Å²) in [5.74, 6) is 2.14. The number of methoxy groups -OCH3 is 2. The molecule has 0 heterocycles. The summed E-state index contributed by atoms with van der Waals surface area (Å²) >= 11 is 0. The topological polar surface area (TPSA) is 53.7 Å². The molecular weight excluding hydrogens is 266 g/mol. The summed E-state index contributed by atoms with van der Waals surface area (Å²) < 4.78 is 16.3. The standard InChI is InChI=1S/C17H21NO3/c1-4-12-5-8-16(17(10-12)20-3)21-11-13-6-7-15(19-2)14(18)9-13/h5-10H,4,11,18H2,1-3H3. The minimum Gasteiger partial charge on any atom is -0.495 e. The molecule has 2 aromatic carbocycles. The maximum Gasteiger partial charge on any atom is 0.161 e. The Labute approximate surface area is 125 Å². The number of rotatable bonds is 6. The molecule has 0 saturated carbocycles. The molecule has 2 rings (SSSR count). The van der Waals surface area contributed by atoms with Crippen molar-refractivity contribution in [1.82, 2.24) is 0 Å². The number of anilines is 1. The van der Waals surface area contributed by atoms with Crippen LogP contribution in [0.15, 0.2) is 36.4 Å². The Kier molecular flexibility index (Phi) is 4.93. The molecule has 0 fully saturated rings. The van der Waals surface area contributed by atoms with E-state index in [1.807, 2.05) is 36.4 Å². The van der Waals surface area contributed by atoms with Gasteiger partial charge in [-0.15, -0.1) is 0 Å². The Morgan fingerprint density at radius 1 is 0.857 bits per heavy atom. The lowest BCUT2D eigenvalue weighted by atomic mass is 10.1. The highest BCUT2D eigenvalue weighted by Crippen LogP contribution is 2.29. The van der Waals surface area contributed by atoms with Crippen molar-refractivity contribution in [1.29, 1.82) is 0 Å². The Hall–Kier alpha value is -2.36. The number of aryl methyl sites for hydroxylation is 1. The number of nitrogen functional groups attached to an aromatic ring is 1. The fraction of sp³-hybridized carbons (Fsp3) is 0.294. The lowest BCUT2D eigenvalue weighted by molar-refractivity contribution is 0.284. The maximum absolute atomic E-state index is 5.89. The van der Waals surface area contributed by atoms with Crippen molar-refractivity contribution in [2.45, 2.75) is 20.0 Å². The molecule has 0 unspecified atom stereocenters. The second-order valence-electron chi connectivity index (χ2n) is 4.70. The number of hydrogen-bond donors (Lipinski definition) is 1. The third-order valence-corrected chi connectivity index (χ3v) is 3.32. The predicted molar refractivity (Wildman–Crippen MR) is 84.1 cm³/mol. The molecule has 112 valence electrons. The minimum atomic E-state index is 0.427. The van der Waals surface area contributed by atoms with Crippen molar-refractivity contribution in [3.63, 3.8) is 0 Å². The van der Waals surface area contributed by atoms with E-state index in [4.69, 9.17) is 19.9 Å². The van der Waals surface area contributed by atoms with E-state index in [-0.39, 0.29) is 0 Å². The number of nitrogens with two attached hydrogens (primary N) is 1. The van der Waals surface area contributed by atoms with Crippen LogP contribution in [-0.2, 0) is 13.0 Å². The van der Waals surface area contributed by atoms with Crippen molar-refractivity contribution in [2.75, 3.05) is 20.0 Å². The van der Waals surface area contributed by atoms with Gasteiger partial charge in [-0.05, 0) is 41.8 Å². The van der Waals surface area contributed by atoms with E-state index in [1.54, 1.807) is 14.2 Å². The highest BCUT2D eigenvalue weighted by atomic mass is 16.5. The first-order valence-electron chi connectivity index (χ1n) is 6.90. The van der Waals surface area contributed by atoms with E-state index in [2.05, 4.69) is 6.92 Å². The minimum absolute atomic E-state index is 0.427. The number of ether oxygens (including phenoxy) is 3. The van der Waals surface area contributed by atoms with Crippen LogP contribution in [0.25, 0.3) is 0 Å². The molecule has 0 atom stereocenters. The lowest BCUT2D eigenvalue weighted by Gasteiger charge is -2.13. The van der Waals surface area contributed by atoms with E-state index in [0.717, 1.165) is 23.5 Å². The van der Waals surface area contributed by atoms with Gasteiger partial charge in [0.2, 0.25) is 0 Å². The average Bonchev–Trinajstić information content (AvgIpc) is 2.52. The van der Waals surface area contributed by atoms with Gasteiger partial charge in [0.1, 0.15) is 12.4 Å². The van der Waals surface area contributed by atoms with E-state index in [0.29, 0.717) is 18.0 Å². The number of benzene rings is 2. The highest BCUT2D eigenvalue weighted by Gasteiger charge is 2.07. The Balaban J connectivity index is 2.10. The van der Waals surface area contributed by atoms with Gasteiger partial charge in [0.15, 0.2) is 11.5 Å². The Bertz CT molecular complexity index is 611. The summed E-state index contributed by atoms with van der Waals surface area (Å²) in [5.41, 5.74) is 8.69. The maximum atomic E-state index is 5.89. The molecule has 0 spiro atoms. The van der Waals surface area contributed by atoms with E-state index in [1.165, 1.54) is 5.56 Å². The van der Waals surface area contributed by atoms with Crippen molar-refractivity contribution < 1.29 is 14.2 Å². The molecular formula is C17H21NO3. The Morgan fingerprint density at radius 2 is 1.52 bits per heavy atom. The lowest BCUT2D eigenvalue weighted by Crippen LogP contribution is -2.00. The molecule has 2 aromatic rings.